The van der Waals surface area contributed by atoms with E-state index in [0.717, 1.165) is 70.6 Å². The fraction of sp³-hybridized carbons (Fsp3) is 0.800. The summed E-state index contributed by atoms with van der Waals surface area (Å²) in [4.78, 5) is 26.0. The maximum absolute atomic E-state index is 13.1. The smallest absolute Gasteiger partial charge is 0.306 e. The van der Waals surface area contributed by atoms with Gasteiger partial charge in [0, 0.05) is 6.42 Å². The molecule has 6 heteroatoms. The lowest BCUT2D eigenvalue weighted by Gasteiger charge is -2.24. The Labute approximate surface area is 346 Å². The van der Waals surface area contributed by atoms with E-state index in [0.29, 0.717) is 19.3 Å². The number of esters is 1. The van der Waals surface area contributed by atoms with Crippen LogP contribution in [0.4, 0.5) is 0 Å². The third kappa shape index (κ3) is 38.7. The summed E-state index contributed by atoms with van der Waals surface area (Å²) in [5.74, 6) is -0.511. The standard InChI is InChI=1S/C50H91NO5/c1-4-7-10-13-16-19-22-23-24-25-26-28-29-32-35-38-41-46(56-50(55)43-40-37-34-31-21-18-15-12-9-6-3)44-49(54)51-47(45-52)48(53)42-39-36-33-30-27-20-17-14-11-8-5-2/h16,19,22-26,28,46-48,52-53H,4-15,17-18,20-21,27,29-45H2,1-3H3,(H,51,54)/b19-16+,23-22+,25-24+,28-26+. The first-order chi connectivity index (χ1) is 27.5. The number of allylic oxidation sites excluding steroid dienone is 8. The molecule has 0 fully saturated rings. The maximum atomic E-state index is 13.1. The summed E-state index contributed by atoms with van der Waals surface area (Å²) in [5.41, 5.74) is 0. The number of carbonyl (C=O) groups excluding carboxylic acids is 2. The van der Waals surface area contributed by atoms with Gasteiger partial charge in [-0.05, 0) is 51.4 Å². The zero-order valence-corrected chi connectivity index (χ0v) is 37.0. The van der Waals surface area contributed by atoms with Gasteiger partial charge in [0.05, 0.1) is 25.2 Å². The molecule has 1 amide bonds. The molecule has 0 heterocycles. The first-order valence-electron chi connectivity index (χ1n) is 23.9. The predicted molar refractivity (Wildman–Crippen MR) is 241 cm³/mol. The number of aliphatic hydroxyl groups excluding tert-OH is 2. The summed E-state index contributed by atoms with van der Waals surface area (Å²) in [6, 6.07) is -0.711. The van der Waals surface area contributed by atoms with E-state index in [1.807, 2.05) is 6.08 Å². The summed E-state index contributed by atoms with van der Waals surface area (Å²) in [6.45, 7) is 6.41. The molecule has 0 saturated carbocycles. The highest BCUT2D eigenvalue weighted by molar-refractivity contribution is 5.77. The summed E-state index contributed by atoms with van der Waals surface area (Å²) in [7, 11) is 0. The van der Waals surface area contributed by atoms with Crippen LogP contribution in [0, 0.1) is 0 Å². The van der Waals surface area contributed by atoms with E-state index in [4.69, 9.17) is 4.74 Å². The molecule has 326 valence electrons. The first-order valence-corrected chi connectivity index (χ1v) is 23.9. The average Bonchev–Trinajstić information content (AvgIpc) is 3.19. The van der Waals surface area contributed by atoms with Crippen molar-refractivity contribution in [1.82, 2.24) is 5.32 Å². The molecule has 0 aliphatic rings. The highest BCUT2D eigenvalue weighted by Crippen LogP contribution is 2.17. The Hall–Kier alpha value is -2.18. The van der Waals surface area contributed by atoms with Crippen molar-refractivity contribution in [3.8, 4) is 0 Å². The minimum absolute atomic E-state index is 0.0532. The van der Waals surface area contributed by atoms with Gasteiger partial charge in [0.15, 0.2) is 0 Å². The molecule has 56 heavy (non-hydrogen) atoms. The Kier molecular flexibility index (Phi) is 42.2. The molecule has 3 N–H and O–H groups in total. The third-order valence-corrected chi connectivity index (χ3v) is 10.8. The van der Waals surface area contributed by atoms with Crippen molar-refractivity contribution in [1.29, 1.82) is 0 Å². The van der Waals surface area contributed by atoms with Gasteiger partial charge in [-0.2, -0.15) is 0 Å². The van der Waals surface area contributed by atoms with Gasteiger partial charge in [0.25, 0.3) is 0 Å². The topological polar surface area (TPSA) is 95.9 Å². The lowest BCUT2D eigenvalue weighted by molar-refractivity contribution is -0.151. The van der Waals surface area contributed by atoms with E-state index in [-0.39, 0.29) is 24.9 Å². The Morgan fingerprint density at radius 1 is 0.518 bits per heavy atom. The van der Waals surface area contributed by atoms with Crippen LogP contribution in [0.2, 0.25) is 0 Å². The number of aliphatic hydroxyl groups is 2. The van der Waals surface area contributed by atoms with Crippen LogP contribution in [-0.2, 0) is 14.3 Å². The molecule has 0 radical (unpaired) electrons. The Balaban J connectivity index is 4.69. The molecule has 3 unspecified atom stereocenters. The van der Waals surface area contributed by atoms with Crippen molar-refractivity contribution >= 4 is 11.9 Å². The number of rotatable bonds is 42. The van der Waals surface area contributed by atoms with Gasteiger partial charge in [-0.15, -0.1) is 0 Å². The van der Waals surface area contributed by atoms with Crippen LogP contribution in [0.1, 0.15) is 233 Å². The number of hydrogen-bond donors (Lipinski definition) is 3. The average molecular weight is 786 g/mol. The molecule has 0 spiro atoms. The predicted octanol–water partition coefficient (Wildman–Crippen LogP) is 13.9. The molecule has 0 saturated heterocycles. The minimum Gasteiger partial charge on any atom is -0.462 e. The second-order valence-corrected chi connectivity index (χ2v) is 16.3. The first kappa shape index (κ1) is 53.8. The van der Waals surface area contributed by atoms with Crippen molar-refractivity contribution in [2.24, 2.45) is 0 Å². The highest BCUT2D eigenvalue weighted by Gasteiger charge is 2.24. The molecule has 6 nitrogen and oxygen atoms in total. The monoisotopic (exact) mass is 786 g/mol. The van der Waals surface area contributed by atoms with Gasteiger partial charge in [0.1, 0.15) is 6.10 Å². The zero-order chi connectivity index (χ0) is 41.0. The van der Waals surface area contributed by atoms with Crippen LogP contribution in [0.5, 0.6) is 0 Å². The van der Waals surface area contributed by atoms with Crippen molar-refractivity contribution in [3.05, 3.63) is 48.6 Å². The van der Waals surface area contributed by atoms with Crippen LogP contribution < -0.4 is 5.32 Å². The van der Waals surface area contributed by atoms with Crippen molar-refractivity contribution in [2.45, 2.75) is 251 Å². The number of amides is 1. The molecule has 0 aliphatic heterocycles. The third-order valence-electron chi connectivity index (χ3n) is 10.8. The molecule has 3 atom stereocenters. The van der Waals surface area contributed by atoms with Crippen LogP contribution in [0.3, 0.4) is 0 Å². The quantitative estimate of drug-likeness (QED) is 0.0325. The molecule has 0 aliphatic carbocycles. The molecule has 0 aromatic rings. The number of ether oxygens (including phenoxy) is 1. The van der Waals surface area contributed by atoms with Crippen molar-refractivity contribution < 1.29 is 24.5 Å². The van der Waals surface area contributed by atoms with E-state index < -0.39 is 18.2 Å². The molecular formula is C50H91NO5. The molecule has 0 bridgehead atoms. The summed E-state index contributed by atoms with van der Waals surface area (Å²) in [6.07, 6.45) is 51.6. The Morgan fingerprint density at radius 3 is 1.41 bits per heavy atom. The summed E-state index contributed by atoms with van der Waals surface area (Å²) < 4.78 is 5.89. The van der Waals surface area contributed by atoms with Gasteiger partial charge in [-0.25, -0.2) is 0 Å². The lowest BCUT2D eigenvalue weighted by atomic mass is 10.0. The van der Waals surface area contributed by atoms with E-state index >= 15 is 0 Å². The fourth-order valence-corrected chi connectivity index (χ4v) is 7.09. The Morgan fingerprint density at radius 2 is 0.911 bits per heavy atom. The Bertz CT molecular complexity index is 972. The zero-order valence-electron chi connectivity index (χ0n) is 37.0. The highest BCUT2D eigenvalue weighted by atomic mass is 16.5. The van der Waals surface area contributed by atoms with Gasteiger partial charge in [0.2, 0.25) is 5.91 Å². The van der Waals surface area contributed by atoms with E-state index in [1.165, 1.54) is 116 Å². The molecule has 0 aromatic heterocycles. The fourth-order valence-electron chi connectivity index (χ4n) is 7.09. The second kappa shape index (κ2) is 43.9. The van der Waals surface area contributed by atoms with E-state index in [2.05, 4.69) is 68.6 Å². The number of unbranched alkanes of at least 4 members (excludes halogenated alkanes) is 25. The molecule has 0 rings (SSSR count). The maximum Gasteiger partial charge on any atom is 0.306 e. The van der Waals surface area contributed by atoms with Crippen LogP contribution in [0.25, 0.3) is 0 Å². The van der Waals surface area contributed by atoms with Gasteiger partial charge >= 0.3 is 5.97 Å². The van der Waals surface area contributed by atoms with E-state index in [9.17, 15) is 19.8 Å². The van der Waals surface area contributed by atoms with Gasteiger partial charge < -0.3 is 20.3 Å². The van der Waals surface area contributed by atoms with Crippen molar-refractivity contribution in [3.63, 3.8) is 0 Å². The van der Waals surface area contributed by atoms with Gasteiger partial charge in [-0.3, -0.25) is 9.59 Å². The lowest BCUT2D eigenvalue weighted by Crippen LogP contribution is -2.46. The van der Waals surface area contributed by atoms with E-state index in [1.54, 1.807) is 0 Å². The molecule has 0 aromatic carbocycles. The largest absolute Gasteiger partial charge is 0.462 e. The van der Waals surface area contributed by atoms with Crippen molar-refractivity contribution in [2.75, 3.05) is 6.61 Å². The summed E-state index contributed by atoms with van der Waals surface area (Å²) in [5, 5.41) is 23.6. The number of carbonyl (C=O) groups is 2. The number of hydrogen-bond acceptors (Lipinski definition) is 5. The van der Waals surface area contributed by atoms with Crippen LogP contribution in [-0.4, -0.2) is 46.9 Å². The normalized spacial score (nSPS) is 13.7. The summed E-state index contributed by atoms with van der Waals surface area (Å²) >= 11 is 0. The van der Waals surface area contributed by atoms with Crippen LogP contribution in [0.15, 0.2) is 48.6 Å². The minimum atomic E-state index is -0.795. The van der Waals surface area contributed by atoms with Gasteiger partial charge in [-0.1, -0.05) is 217 Å². The van der Waals surface area contributed by atoms with Crippen LogP contribution >= 0.6 is 0 Å². The second-order valence-electron chi connectivity index (χ2n) is 16.3. The SMILES string of the molecule is CCCCC/C=C/C=C/C=C/C=C/CCCCCC(CC(=O)NC(CO)C(O)CCCCCCCCCCCCC)OC(=O)CCCCCCCCCCCC. The molecular weight excluding hydrogens is 695 g/mol. The number of nitrogens with one attached hydrogen (secondary N) is 1.